The first-order chi connectivity index (χ1) is 9.19. The van der Waals surface area contributed by atoms with Crippen LogP contribution in [0.15, 0.2) is 4.42 Å². The Morgan fingerprint density at radius 3 is 3.00 bits per heavy atom. The average Bonchev–Trinajstić information content (AvgIpc) is 2.65. The Morgan fingerprint density at radius 1 is 1.47 bits per heavy atom. The molecule has 1 saturated heterocycles. The highest BCUT2D eigenvalue weighted by Gasteiger charge is 2.22. The molecule has 2 N–H and O–H groups in total. The summed E-state index contributed by atoms with van der Waals surface area (Å²) in [5.74, 6) is 0.224. The highest BCUT2D eigenvalue weighted by atomic mass is 16.4. The van der Waals surface area contributed by atoms with E-state index in [0.717, 1.165) is 32.2 Å². The Balaban J connectivity index is 1.89. The SMILES string of the molecule is Cc1nnc(NC(=O)CN2CCCCCC2CO)o1. The maximum Gasteiger partial charge on any atom is 0.322 e. The van der Waals surface area contributed by atoms with E-state index in [4.69, 9.17) is 4.42 Å². The van der Waals surface area contributed by atoms with E-state index >= 15 is 0 Å². The Labute approximate surface area is 112 Å². The van der Waals surface area contributed by atoms with Gasteiger partial charge in [-0.15, -0.1) is 5.10 Å². The van der Waals surface area contributed by atoms with Crippen LogP contribution in [0, 0.1) is 6.92 Å². The molecule has 19 heavy (non-hydrogen) atoms. The Morgan fingerprint density at radius 2 is 2.32 bits per heavy atom. The van der Waals surface area contributed by atoms with Crippen LogP contribution >= 0.6 is 0 Å². The van der Waals surface area contributed by atoms with Crippen molar-refractivity contribution in [3.63, 3.8) is 0 Å². The zero-order valence-electron chi connectivity index (χ0n) is 11.1. The topological polar surface area (TPSA) is 91.5 Å². The number of hydrogen-bond donors (Lipinski definition) is 2. The van der Waals surface area contributed by atoms with Crippen LogP contribution in [0.25, 0.3) is 0 Å². The van der Waals surface area contributed by atoms with Crippen molar-refractivity contribution in [1.82, 2.24) is 15.1 Å². The van der Waals surface area contributed by atoms with Gasteiger partial charge < -0.3 is 9.52 Å². The first-order valence-corrected chi connectivity index (χ1v) is 6.64. The van der Waals surface area contributed by atoms with Gasteiger partial charge in [-0.25, -0.2) is 0 Å². The van der Waals surface area contributed by atoms with E-state index in [2.05, 4.69) is 15.5 Å². The van der Waals surface area contributed by atoms with Crippen molar-refractivity contribution in [2.75, 3.05) is 25.0 Å². The van der Waals surface area contributed by atoms with Gasteiger partial charge in [-0.3, -0.25) is 15.0 Å². The number of carbonyl (C=O) groups excluding carboxylic acids is 1. The van der Waals surface area contributed by atoms with E-state index in [1.165, 1.54) is 0 Å². The predicted molar refractivity (Wildman–Crippen MR) is 68.6 cm³/mol. The van der Waals surface area contributed by atoms with Crippen LogP contribution in [0.3, 0.4) is 0 Å². The second kappa shape index (κ2) is 6.63. The zero-order valence-corrected chi connectivity index (χ0v) is 11.1. The van der Waals surface area contributed by atoms with Crippen molar-refractivity contribution in [2.45, 2.75) is 38.6 Å². The van der Waals surface area contributed by atoms with Crippen LogP contribution in [-0.2, 0) is 4.79 Å². The summed E-state index contributed by atoms with van der Waals surface area (Å²) in [5, 5.41) is 19.3. The maximum absolute atomic E-state index is 11.9. The van der Waals surface area contributed by atoms with Gasteiger partial charge >= 0.3 is 6.01 Å². The number of aliphatic hydroxyl groups is 1. The summed E-state index contributed by atoms with van der Waals surface area (Å²) < 4.78 is 5.10. The van der Waals surface area contributed by atoms with Crippen molar-refractivity contribution < 1.29 is 14.3 Å². The standard InChI is InChI=1S/C12H20N4O3/c1-9-14-15-12(19-9)13-11(18)7-16-6-4-2-3-5-10(16)8-17/h10,17H,2-8H2,1H3,(H,13,15,18). The van der Waals surface area contributed by atoms with Gasteiger partial charge in [-0.2, -0.15) is 0 Å². The van der Waals surface area contributed by atoms with E-state index in [1.807, 2.05) is 4.90 Å². The minimum absolute atomic E-state index is 0.0673. The van der Waals surface area contributed by atoms with Gasteiger partial charge in [0.2, 0.25) is 11.8 Å². The van der Waals surface area contributed by atoms with Crippen molar-refractivity contribution in [1.29, 1.82) is 0 Å². The van der Waals surface area contributed by atoms with Gasteiger partial charge in [0.05, 0.1) is 13.2 Å². The molecular weight excluding hydrogens is 248 g/mol. The number of nitrogens with one attached hydrogen (secondary N) is 1. The summed E-state index contributed by atoms with van der Waals surface area (Å²) in [6.07, 6.45) is 4.25. The molecule has 1 unspecified atom stereocenters. The molecule has 0 aliphatic carbocycles. The van der Waals surface area contributed by atoms with Gasteiger partial charge in [0.1, 0.15) is 0 Å². The number of hydrogen-bond acceptors (Lipinski definition) is 6. The van der Waals surface area contributed by atoms with Crippen LogP contribution in [0.5, 0.6) is 0 Å². The van der Waals surface area contributed by atoms with Gasteiger partial charge in [0.25, 0.3) is 0 Å². The summed E-state index contributed by atoms with van der Waals surface area (Å²) in [5.41, 5.74) is 0. The predicted octanol–water partition coefficient (Wildman–Crippen LogP) is 0.553. The monoisotopic (exact) mass is 268 g/mol. The largest absolute Gasteiger partial charge is 0.408 e. The lowest BCUT2D eigenvalue weighted by Crippen LogP contribution is -2.42. The van der Waals surface area contributed by atoms with Crippen molar-refractivity contribution in [2.24, 2.45) is 0 Å². The fraction of sp³-hybridized carbons (Fsp3) is 0.750. The molecule has 2 heterocycles. The number of aryl methyl sites for hydroxylation is 1. The number of anilines is 1. The van der Waals surface area contributed by atoms with E-state index < -0.39 is 0 Å². The summed E-state index contributed by atoms with van der Waals surface area (Å²) >= 11 is 0. The van der Waals surface area contributed by atoms with Gasteiger partial charge in [0.15, 0.2) is 0 Å². The van der Waals surface area contributed by atoms with Crippen LogP contribution in [0.4, 0.5) is 6.01 Å². The molecule has 0 aromatic carbocycles. The minimum atomic E-state index is -0.191. The van der Waals surface area contributed by atoms with Crippen LogP contribution in [-0.4, -0.2) is 51.8 Å². The molecule has 1 aromatic heterocycles. The van der Waals surface area contributed by atoms with E-state index in [0.29, 0.717) is 5.89 Å². The highest BCUT2D eigenvalue weighted by molar-refractivity contribution is 5.90. The van der Waals surface area contributed by atoms with Crippen LogP contribution < -0.4 is 5.32 Å². The number of nitrogens with zero attached hydrogens (tertiary/aromatic N) is 3. The van der Waals surface area contributed by atoms with Crippen molar-refractivity contribution in [3.8, 4) is 0 Å². The van der Waals surface area contributed by atoms with Crippen LogP contribution in [0.1, 0.15) is 31.6 Å². The molecule has 1 aliphatic rings. The molecule has 1 aliphatic heterocycles. The summed E-state index contributed by atoms with van der Waals surface area (Å²) in [6, 6.07) is 0.190. The number of aliphatic hydroxyl groups excluding tert-OH is 1. The number of aromatic nitrogens is 2. The summed E-state index contributed by atoms with van der Waals surface area (Å²) in [4.78, 5) is 13.9. The summed E-state index contributed by atoms with van der Waals surface area (Å²) in [6.45, 7) is 2.83. The first kappa shape index (κ1) is 14.0. The lowest BCUT2D eigenvalue weighted by Gasteiger charge is -2.27. The lowest BCUT2D eigenvalue weighted by molar-refractivity contribution is -0.118. The molecule has 0 saturated carbocycles. The number of carbonyl (C=O) groups is 1. The fourth-order valence-corrected chi connectivity index (χ4v) is 2.34. The third-order valence-corrected chi connectivity index (χ3v) is 3.33. The zero-order chi connectivity index (χ0) is 13.7. The van der Waals surface area contributed by atoms with Crippen LogP contribution in [0.2, 0.25) is 0 Å². The Kier molecular flexibility index (Phi) is 4.86. The molecule has 1 atom stereocenters. The molecule has 1 fully saturated rings. The molecule has 0 radical (unpaired) electrons. The molecule has 2 rings (SSSR count). The second-order valence-electron chi connectivity index (χ2n) is 4.83. The highest BCUT2D eigenvalue weighted by Crippen LogP contribution is 2.16. The summed E-state index contributed by atoms with van der Waals surface area (Å²) in [7, 11) is 0. The Hall–Kier alpha value is -1.47. The molecule has 1 amide bonds. The Bertz CT molecular complexity index is 421. The average molecular weight is 268 g/mol. The maximum atomic E-state index is 11.9. The molecule has 0 spiro atoms. The second-order valence-corrected chi connectivity index (χ2v) is 4.83. The van der Waals surface area contributed by atoms with E-state index in [9.17, 15) is 9.90 Å². The van der Waals surface area contributed by atoms with Crippen molar-refractivity contribution >= 4 is 11.9 Å². The first-order valence-electron chi connectivity index (χ1n) is 6.64. The third-order valence-electron chi connectivity index (χ3n) is 3.33. The minimum Gasteiger partial charge on any atom is -0.408 e. The molecule has 7 nitrogen and oxygen atoms in total. The smallest absolute Gasteiger partial charge is 0.322 e. The lowest BCUT2D eigenvalue weighted by atomic mass is 10.1. The number of likely N-dealkylation sites (tertiary alicyclic amines) is 1. The van der Waals surface area contributed by atoms with E-state index in [-0.39, 0.29) is 31.1 Å². The van der Waals surface area contributed by atoms with Gasteiger partial charge in [-0.05, 0) is 19.4 Å². The van der Waals surface area contributed by atoms with Crippen molar-refractivity contribution in [3.05, 3.63) is 5.89 Å². The number of rotatable bonds is 4. The third kappa shape index (κ3) is 4.00. The quantitative estimate of drug-likeness (QED) is 0.828. The molecule has 106 valence electrons. The molecule has 7 heteroatoms. The van der Waals surface area contributed by atoms with E-state index in [1.54, 1.807) is 6.92 Å². The molecule has 0 bridgehead atoms. The molecular formula is C12H20N4O3. The fourth-order valence-electron chi connectivity index (χ4n) is 2.34. The van der Waals surface area contributed by atoms with Gasteiger partial charge in [0, 0.05) is 13.0 Å². The normalized spacial score (nSPS) is 21.1. The number of amides is 1. The molecule has 1 aromatic rings. The van der Waals surface area contributed by atoms with Gasteiger partial charge in [-0.1, -0.05) is 17.9 Å².